The van der Waals surface area contributed by atoms with Gasteiger partial charge in [-0.25, -0.2) is 4.98 Å². The number of nitrogens with zero attached hydrogens (tertiary/aromatic N) is 3. The number of phenols is 1. The third-order valence-corrected chi connectivity index (χ3v) is 4.66. The second-order valence-corrected chi connectivity index (χ2v) is 6.75. The van der Waals surface area contributed by atoms with Crippen LogP contribution in [-0.2, 0) is 0 Å². The molecule has 2 aromatic carbocycles. The molecule has 126 valence electrons. The lowest BCUT2D eigenvalue weighted by Gasteiger charge is -2.02. The van der Waals surface area contributed by atoms with Crippen molar-refractivity contribution < 1.29 is 14.8 Å². The lowest BCUT2D eigenvalue weighted by molar-refractivity contribution is -0.384. The number of halogens is 1. The Bertz CT molecular complexity index is 976. The van der Waals surface area contributed by atoms with Crippen LogP contribution in [0, 0.1) is 10.1 Å². The largest absolute Gasteiger partial charge is 0.507 e. The molecule has 0 aliphatic carbocycles. The van der Waals surface area contributed by atoms with Gasteiger partial charge in [-0.1, -0.05) is 15.9 Å². The molecule has 1 aromatic heterocycles. The molecule has 0 aliphatic rings. The number of nitrogens with one attached hydrogen (secondary N) is 1. The van der Waals surface area contributed by atoms with Crippen LogP contribution in [0.1, 0.15) is 10.4 Å². The van der Waals surface area contributed by atoms with Gasteiger partial charge in [-0.2, -0.15) is 0 Å². The molecule has 2 N–H and O–H groups in total. The number of non-ortho nitro benzene ring substituents is 1. The van der Waals surface area contributed by atoms with Crippen LogP contribution < -0.4 is 0 Å². The normalized spacial score (nSPS) is 10.6. The summed E-state index contributed by atoms with van der Waals surface area (Å²) in [6.07, 6.45) is 0.545. The summed E-state index contributed by atoms with van der Waals surface area (Å²) in [6.45, 7) is 0. The molecule has 3 rings (SSSR count). The van der Waals surface area contributed by atoms with Gasteiger partial charge in [-0.05, 0) is 36.0 Å². The van der Waals surface area contributed by atoms with E-state index in [2.05, 4.69) is 31.1 Å². The van der Waals surface area contributed by atoms with Gasteiger partial charge in [0, 0.05) is 27.1 Å². The van der Waals surface area contributed by atoms with E-state index in [1.165, 1.54) is 24.3 Å². The Labute approximate surface area is 153 Å². The van der Waals surface area contributed by atoms with Gasteiger partial charge in [0.05, 0.1) is 10.5 Å². The van der Waals surface area contributed by atoms with Crippen LogP contribution >= 0.6 is 27.7 Å². The minimum Gasteiger partial charge on any atom is -0.507 e. The molecule has 0 saturated carbocycles. The number of rotatable bonds is 5. The zero-order valence-corrected chi connectivity index (χ0v) is 14.7. The Morgan fingerprint density at radius 3 is 2.80 bits per heavy atom. The van der Waals surface area contributed by atoms with Crippen molar-refractivity contribution in [3.63, 3.8) is 0 Å². The topological polar surface area (TPSA) is 122 Å². The number of aldehydes is 1. The minimum atomic E-state index is -0.567. The Hall–Kier alpha value is -2.72. The van der Waals surface area contributed by atoms with E-state index in [0.717, 1.165) is 16.2 Å². The quantitative estimate of drug-likeness (QED) is 0.365. The highest BCUT2D eigenvalue weighted by Gasteiger charge is 2.15. The molecule has 1 heterocycles. The van der Waals surface area contributed by atoms with E-state index in [9.17, 15) is 20.0 Å². The highest BCUT2D eigenvalue weighted by molar-refractivity contribution is 9.10. The van der Waals surface area contributed by atoms with Crippen molar-refractivity contribution in [3.8, 4) is 17.1 Å². The number of carbonyl (C=O) groups is 1. The molecular formula is C15H9BrN4O4S. The minimum absolute atomic E-state index is 0.0415. The average Bonchev–Trinajstić information content (AvgIpc) is 3.05. The van der Waals surface area contributed by atoms with Crippen molar-refractivity contribution in [2.75, 3.05) is 0 Å². The first-order chi connectivity index (χ1) is 12.0. The van der Waals surface area contributed by atoms with Crippen molar-refractivity contribution in [2.45, 2.75) is 10.1 Å². The summed E-state index contributed by atoms with van der Waals surface area (Å²) in [5.41, 5.74) is 0.477. The lowest BCUT2D eigenvalue weighted by Crippen LogP contribution is -1.92. The van der Waals surface area contributed by atoms with Crippen molar-refractivity contribution in [3.05, 3.63) is 56.5 Å². The van der Waals surface area contributed by atoms with Crippen molar-refractivity contribution >= 4 is 39.7 Å². The van der Waals surface area contributed by atoms with Gasteiger partial charge in [-0.15, -0.1) is 5.10 Å². The zero-order chi connectivity index (χ0) is 18.0. The zero-order valence-electron chi connectivity index (χ0n) is 12.3. The van der Waals surface area contributed by atoms with Gasteiger partial charge >= 0.3 is 0 Å². The number of H-pyrrole nitrogens is 1. The van der Waals surface area contributed by atoms with Gasteiger partial charge in [0.1, 0.15) is 5.75 Å². The Morgan fingerprint density at radius 2 is 2.08 bits per heavy atom. The summed E-state index contributed by atoms with van der Waals surface area (Å²) in [5, 5.41) is 27.8. The maximum atomic E-state index is 11.2. The molecule has 0 atom stereocenters. The second kappa shape index (κ2) is 7.03. The molecule has 25 heavy (non-hydrogen) atoms. The van der Waals surface area contributed by atoms with Crippen molar-refractivity contribution in [1.29, 1.82) is 0 Å². The Kier molecular flexibility index (Phi) is 4.81. The molecule has 0 aliphatic heterocycles. The van der Waals surface area contributed by atoms with E-state index < -0.39 is 4.92 Å². The van der Waals surface area contributed by atoms with Crippen molar-refractivity contribution in [2.24, 2.45) is 0 Å². The number of aromatic amines is 1. The van der Waals surface area contributed by atoms with E-state index in [-0.39, 0.29) is 17.0 Å². The number of hydrogen-bond acceptors (Lipinski definition) is 7. The highest BCUT2D eigenvalue weighted by Crippen LogP contribution is 2.33. The predicted octanol–water partition coefficient (Wildman–Crippen LogP) is 3.81. The van der Waals surface area contributed by atoms with Gasteiger partial charge in [0.2, 0.25) is 5.16 Å². The van der Waals surface area contributed by atoms with E-state index in [0.29, 0.717) is 27.7 Å². The molecule has 0 saturated heterocycles. The van der Waals surface area contributed by atoms with E-state index >= 15 is 0 Å². The monoisotopic (exact) mass is 420 g/mol. The third-order valence-electron chi connectivity index (χ3n) is 3.21. The molecule has 10 heteroatoms. The predicted molar refractivity (Wildman–Crippen MR) is 93.8 cm³/mol. The van der Waals surface area contributed by atoms with Crippen molar-refractivity contribution in [1.82, 2.24) is 15.2 Å². The molecule has 3 aromatic rings. The third kappa shape index (κ3) is 3.69. The maximum absolute atomic E-state index is 11.2. The number of benzene rings is 2. The van der Waals surface area contributed by atoms with E-state index in [1.54, 1.807) is 12.1 Å². The molecule has 0 spiro atoms. The van der Waals surface area contributed by atoms with Crippen LogP contribution in [0.3, 0.4) is 0 Å². The lowest BCUT2D eigenvalue weighted by atomic mass is 10.2. The summed E-state index contributed by atoms with van der Waals surface area (Å²) in [6, 6.07) is 8.88. The number of nitro groups is 1. The van der Waals surface area contributed by atoms with Crippen LogP contribution in [0.2, 0.25) is 0 Å². The smallest absolute Gasteiger partial charge is 0.270 e. The summed E-state index contributed by atoms with van der Waals surface area (Å²) >= 11 is 4.40. The standard InChI is InChI=1S/C15H9BrN4O4S/c16-9-1-3-12(22)11(6-9)14-17-15(19-18-14)25-13-4-2-10(20(23)24)5-8(13)7-21/h1-7,22H,(H,17,18,19). The van der Waals surface area contributed by atoms with Gasteiger partial charge < -0.3 is 5.11 Å². The SMILES string of the molecule is O=Cc1cc([N+](=O)[O-])ccc1Sc1n[nH]c(-c2cc(Br)ccc2O)n1. The Morgan fingerprint density at radius 1 is 1.28 bits per heavy atom. The number of nitro benzene ring substituents is 1. The first-order valence-corrected chi connectivity index (χ1v) is 8.41. The summed E-state index contributed by atoms with van der Waals surface area (Å²) in [4.78, 5) is 26.2. The summed E-state index contributed by atoms with van der Waals surface area (Å²) < 4.78 is 0.768. The molecule has 0 radical (unpaired) electrons. The van der Waals surface area contributed by atoms with Crippen LogP contribution in [0.5, 0.6) is 5.75 Å². The first-order valence-electron chi connectivity index (χ1n) is 6.80. The van der Waals surface area contributed by atoms with Crippen LogP contribution in [0.25, 0.3) is 11.4 Å². The number of aromatic hydroxyl groups is 1. The molecule has 0 bridgehead atoms. The summed E-state index contributed by atoms with van der Waals surface area (Å²) in [7, 11) is 0. The van der Waals surface area contributed by atoms with Gasteiger partial charge in [0.15, 0.2) is 12.1 Å². The highest BCUT2D eigenvalue weighted by atomic mass is 79.9. The molecule has 8 nitrogen and oxygen atoms in total. The molecule has 0 unspecified atom stereocenters. The molecule has 0 amide bonds. The average molecular weight is 421 g/mol. The second-order valence-electron chi connectivity index (χ2n) is 4.83. The number of carbonyl (C=O) groups excluding carboxylic acids is 1. The number of hydrogen-bond donors (Lipinski definition) is 2. The fourth-order valence-electron chi connectivity index (χ4n) is 2.04. The summed E-state index contributed by atoms with van der Waals surface area (Å²) in [5.74, 6) is 0.399. The van der Waals surface area contributed by atoms with E-state index in [4.69, 9.17) is 0 Å². The Balaban J connectivity index is 1.90. The van der Waals surface area contributed by atoms with Gasteiger partial charge in [0.25, 0.3) is 5.69 Å². The molecule has 0 fully saturated rings. The fraction of sp³-hybridized carbons (Fsp3) is 0. The van der Waals surface area contributed by atoms with Gasteiger partial charge in [-0.3, -0.25) is 20.0 Å². The number of phenolic OH excluding ortho intramolecular Hbond substituents is 1. The molecular weight excluding hydrogens is 412 g/mol. The van der Waals surface area contributed by atoms with E-state index in [1.807, 2.05) is 0 Å². The van der Waals surface area contributed by atoms with Crippen LogP contribution in [-0.4, -0.2) is 31.5 Å². The van der Waals surface area contributed by atoms with Crippen LogP contribution in [0.15, 0.2) is 50.9 Å². The maximum Gasteiger partial charge on any atom is 0.270 e. The first kappa shape index (κ1) is 17.1. The number of aromatic nitrogens is 3. The fourth-order valence-corrected chi connectivity index (χ4v) is 3.19. The van der Waals surface area contributed by atoms with Crippen LogP contribution in [0.4, 0.5) is 5.69 Å².